The summed E-state index contributed by atoms with van der Waals surface area (Å²) < 4.78 is 39.3. The lowest BCUT2D eigenvalue weighted by Gasteiger charge is -2.21. The molecule has 0 aliphatic carbocycles. The molecular weight excluding hydrogens is 657 g/mol. The molecule has 2 unspecified atom stereocenters. The molecule has 0 spiro atoms. The van der Waals surface area contributed by atoms with E-state index in [4.69, 9.17) is 10.3 Å². The van der Waals surface area contributed by atoms with E-state index in [1.807, 2.05) is 39.0 Å². The van der Waals surface area contributed by atoms with Crippen LogP contribution < -0.4 is 5.73 Å². The van der Waals surface area contributed by atoms with Crippen LogP contribution in [0.1, 0.15) is 44.7 Å². The standard InChI is InChI=1S/C41H46N6O3S/c1-26(2)21-45-25-38(37-15-12-32(18-40(37)45)31-10-8-7-9-11-31)35-20-43-47(24-35)51(48,49)30(6)27(3)22-46-23-34(16-17-42)36-14-13-33(19-39(36)46)41-28(4)44-50-29(41)5/h7-15,18-20,23-27,30H,16-17,21-22,42H2,1-6H3. The first kappa shape index (κ1) is 34.5. The molecule has 0 aliphatic rings. The van der Waals surface area contributed by atoms with Crippen molar-refractivity contribution in [1.82, 2.24) is 23.5 Å². The van der Waals surface area contributed by atoms with Gasteiger partial charge < -0.3 is 19.4 Å². The van der Waals surface area contributed by atoms with Gasteiger partial charge in [-0.15, -0.1) is 0 Å². The highest BCUT2D eigenvalue weighted by atomic mass is 32.2. The van der Waals surface area contributed by atoms with E-state index < -0.39 is 15.3 Å². The second kappa shape index (κ2) is 13.7. The van der Waals surface area contributed by atoms with Crippen LogP contribution in [0.2, 0.25) is 0 Å². The van der Waals surface area contributed by atoms with E-state index in [1.54, 1.807) is 19.3 Å². The van der Waals surface area contributed by atoms with Crippen LogP contribution in [0.3, 0.4) is 0 Å². The second-order valence-electron chi connectivity index (χ2n) is 14.3. The van der Waals surface area contributed by atoms with Crippen LogP contribution in [0.15, 0.2) is 96.0 Å². The lowest BCUT2D eigenvalue weighted by atomic mass is 10.0. The van der Waals surface area contributed by atoms with Crippen LogP contribution in [0.4, 0.5) is 0 Å². The van der Waals surface area contributed by atoms with E-state index in [9.17, 15) is 8.42 Å². The topological polar surface area (TPSA) is 114 Å². The van der Waals surface area contributed by atoms with Gasteiger partial charge in [0, 0.05) is 64.0 Å². The van der Waals surface area contributed by atoms with Crippen molar-refractivity contribution in [2.75, 3.05) is 6.54 Å². The summed E-state index contributed by atoms with van der Waals surface area (Å²) in [4.78, 5) is 0. The Bertz CT molecular complexity index is 2430. The number of hydrogen-bond acceptors (Lipinski definition) is 6. The summed E-state index contributed by atoms with van der Waals surface area (Å²) in [6.45, 7) is 13.9. The molecule has 4 aromatic heterocycles. The second-order valence-corrected chi connectivity index (χ2v) is 16.4. The zero-order chi connectivity index (χ0) is 36.0. The van der Waals surface area contributed by atoms with Crippen molar-refractivity contribution >= 4 is 31.8 Å². The van der Waals surface area contributed by atoms with Gasteiger partial charge in [0.2, 0.25) is 0 Å². The van der Waals surface area contributed by atoms with Gasteiger partial charge in [-0.2, -0.15) is 9.19 Å². The first-order valence-corrected chi connectivity index (χ1v) is 19.2. The highest BCUT2D eigenvalue weighted by molar-refractivity contribution is 7.90. The average Bonchev–Trinajstić information content (AvgIpc) is 3.90. The van der Waals surface area contributed by atoms with Crippen LogP contribution in [0.5, 0.6) is 0 Å². The molecule has 7 rings (SSSR count). The van der Waals surface area contributed by atoms with Crippen molar-refractivity contribution in [3.63, 3.8) is 0 Å². The Morgan fingerprint density at radius 1 is 0.784 bits per heavy atom. The molecule has 0 aliphatic heterocycles. The third-order valence-corrected chi connectivity index (χ3v) is 12.3. The number of benzene rings is 3. The van der Waals surface area contributed by atoms with Crippen LogP contribution >= 0.6 is 0 Å². The minimum absolute atomic E-state index is 0.226. The van der Waals surface area contributed by atoms with Gasteiger partial charge in [-0.05, 0) is 80.0 Å². The monoisotopic (exact) mass is 702 g/mol. The summed E-state index contributed by atoms with van der Waals surface area (Å²) in [7, 11) is -3.82. The van der Waals surface area contributed by atoms with E-state index in [0.29, 0.717) is 19.0 Å². The predicted molar refractivity (Wildman–Crippen MR) is 206 cm³/mol. The Balaban J connectivity index is 1.19. The number of aryl methyl sites for hydroxylation is 2. The van der Waals surface area contributed by atoms with Crippen LogP contribution in [-0.2, 0) is 29.5 Å². The van der Waals surface area contributed by atoms with E-state index in [1.165, 1.54) is 0 Å². The number of fused-ring (bicyclic) bond motifs is 2. The Morgan fingerprint density at radius 2 is 1.47 bits per heavy atom. The molecule has 9 nitrogen and oxygen atoms in total. The Labute approximate surface area is 299 Å². The Hall–Kier alpha value is -4.93. The number of aromatic nitrogens is 5. The van der Waals surface area contributed by atoms with Crippen molar-refractivity contribution in [3.8, 4) is 33.4 Å². The lowest BCUT2D eigenvalue weighted by Crippen LogP contribution is -2.32. The fourth-order valence-electron chi connectivity index (χ4n) is 7.31. The molecule has 0 bridgehead atoms. The first-order valence-electron chi connectivity index (χ1n) is 17.7. The summed E-state index contributed by atoms with van der Waals surface area (Å²) in [6.07, 6.45) is 8.31. The SMILES string of the molecule is Cc1noc(C)c1-c1ccc2c(CCN)cn(CC(C)C(C)S(=O)(=O)n3cc(-c4cn(CC(C)C)c5cc(-c6ccccc6)ccc45)cn3)c2c1. The smallest absolute Gasteiger partial charge is 0.256 e. The molecule has 3 aromatic carbocycles. The van der Waals surface area contributed by atoms with Gasteiger partial charge in [-0.3, -0.25) is 0 Å². The maximum Gasteiger partial charge on any atom is 0.256 e. The van der Waals surface area contributed by atoms with Gasteiger partial charge in [0.05, 0.1) is 23.3 Å². The maximum atomic E-state index is 14.1. The van der Waals surface area contributed by atoms with E-state index in [2.05, 4.69) is 94.2 Å². The molecule has 0 fully saturated rings. The number of hydrogen-bond donors (Lipinski definition) is 1. The summed E-state index contributed by atoms with van der Waals surface area (Å²) >= 11 is 0. The summed E-state index contributed by atoms with van der Waals surface area (Å²) in [5.41, 5.74) is 16.1. The highest BCUT2D eigenvalue weighted by Crippen LogP contribution is 2.36. The fraction of sp³-hybridized carbons (Fsp3) is 0.317. The van der Waals surface area contributed by atoms with Crippen molar-refractivity contribution in [2.45, 2.75) is 66.3 Å². The van der Waals surface area contributed by atoms with Crippen molar-refractivity contribution in [2.24, 2.45) is 17.6 Å². The summed E-state index contributed by atoms with van der Waals surface area (Å²) in [5, 5.41) is 10.1. The van der Waals surface area contributed by atoms with Crippen LogP contribution in [-0.4, -0.2) is 43.7 Å². The number of rotatable bonds is 12. The largest absolute Gasteiger partial charge is 0.361 e. The van der Waals surface area contributed by atoms with E-state index in [0.717, 1.165) is 89.3 Å². The fourth-order valence-corrected chi connectivity index (χ4v) is 8.76. The van der Waals surface area contributed by atoms with Crippen LogP contribution in [0.25, 0.3) is 55.2 Å². The summed E-state index contributed by atoms with van der Waals surface area (Å²) in [6, 6.07) is 23.2. The maximum absolute atomic E-state index is 14.1. The van der Waals surface area contributed by atoms with Gasteiger partial charge in [0.1, 0.15) is 5.76 Å². The van der Waals surface area contributed by atoms with Crippen molar-refractivity contribution < 1.29 is 12.9 Å². The van der Waals surface area contributed by atoms with E-state index in [-0.39, 0.29) is 5.92 Å². The quantitative estimate of drug-likeness (QED) is 0.137. The molecule has 0 saturated carbocycles. The van der Waals surface area contributed by atoms with Gasteiger partial charge in [-0.25, -0.2) is 8.42 Å². The minimum Gasteiger partial charge on any atom is -0.361 e. The van der Waals surface area contributed by atoms with Gasteiger partial charge in [0.15, 0.2) is 0 Å². The van der Waals surface area contributed by atoms with Crippen LogP contribution in [0, 0.1) is 25.7 Å². The first-order chi connectivity index (χ1) is 24.5. The van der Waals surface area contributed by atoms with Gasteiger partial charge in [0.25, 0.3) is 10.0 Å². The third-order valence-electron chi connectivity index (χ3n) is 10.1. The predicted octanol–water partition coefficient (Wildman–Crippen LogP) is 8.46. The van der Waals surface area contributed by atoms with Gasteiger partial charge >= 0.3 is 0 Å². The molecule has 0 radical (unpaired) electrons. The molecule has 2 atom stereocenters. The van der Waals surface area contributed by atoms with E-state index >= 15 is 0 Å². The van der Waals surface area contributed by atoms with Gasteiger partial charge in [-0.1, -0.05) is 80.5 Å². The zero-order valence-electron chi connectivity index (χ0n) is 30.2. The molecule has 7 aromatic rings. The molecule has 2 N–H and O–H groups in total. The molecular formula is C41H46N6O3S. The number of nitrogens with zero attached hydrogens (tertiary/aromatic N) is 5. The molecule has 0 saturated heterocycles. The molecule has 264 valence electrons. The number of nitrogens with two attached hydrogens (primary N) is 1. The normalized spacial score (nSPS) is 13.5. The highest BCUT2D eigenvalue weighted by Gasteiger charge is 2.30. The molecule has 51 heavy (non-hydrogen) atoms. The van der Waals surface area contributed by atoms with Crippen molar-refractivity contribution in [3.05, 3.63) is 109 Å². The molecule has 10 heteroatoms. The third kappa shape index (κ3) is 6.43. The average molecular weight is 703 g/mol. The lowest BCUT2D eigenvalue weighted by molar-refractivity contribution is 0.393. The Morgan fingerprint density at radius 3 is 2.18 bits per heavy atom. The minimum atomic E-state index is -3.82. The Kier molecular flexibility index (Phi) is 9.24. The molecule has 4 heterocycles. The summed E-state index contributed by atoms with van der Waals surface area (Å²) in [5.74, 6) is 0.974. The van der Waals surface area contributed by atoms with Crippen molar-refractivity contribution in [1.29, 1.82) is 0 Å². The molecule has 0 amide bonds. The zero-order valence-corrected chi connectivity index (χ0v) is 31.0.